The molecule has 98 valence electrons. The second-order valence-electron chi connectivity index (χ2n) is 5.26. The summed E-state index contributed by atoms with van der Waals surface area (Å²) in [5.74, 6) is -2.38. The first kappa shape index (κ1) is 12.8. The third kappa shape index (κ3) is 2.19. The standard InChI is InChI=1S/C12H20O5/c1-3-5-11(2)8-4-6-12(15,17-8)9(16-11)7-10(13)14/h8-9,15H,3-7H2,1-2H3,(H,13,14). The first-order valence-corrected chi connectivity index (χ1v) is 6.19. The third-order valence-electron chi connectivity index (χ3n) is 3.81. The number of carbonyl (C=O) groups is 1. The molecule has 2 rings (SSSR count). The van der Waals surface area contributed by atoms with Gasteiger partial charge in [0, 0.05) is 6.42 Å². The van der Waals surface area contributed by atoms with E-state index in [0.29, 0.717) is 6.42 Å². The average molecular weight is 244 g/mol. The Kier molecular flexibility index (Phi) is 3.18. The molecule has 0 aliphatic carbocycles. The summed E-state index contributed by atoms with van der Waals surface area (Å²) >= 11 is 0. The topological polar surface area (TPSA) is 76.0 Å². The lowest BCUT2D eigenvalue weighted by molar-refractivity contribution is -0.346. The van der Waals surface area contributed by atoms with E-state index in [1.54, 1.807) is 0 Å². The van der Waals surface area contributed by atoms with Gasteiger partial charge < -0.3 is 19.7 Å². The Labute approximate surface area is 101 Å². The van der Waals surface area contributed by atoms with Crippen molar-refractivity contribution < 1.29 is 24.5 Å². The van der Waals surface area contributed by atoms with Crippen LogP contribution < -0.4 is 0 Å². The van der Waals surface area contributed by atoms with Gasteiger partial charge in [-0.1, -0.05) is 13.3 Å². The van der Waals surface area contributed by atoms with Gasteiger partial charge in [-0.2, -0.15) is 0 Å². The number of hydrogen-bond acceptors (Lipinski definition) is 4. The minimum absolute atomic E-state index is 0.127. The van der Waals surface area contributed by atoms with Crippen LogP contribution in [-0.2, 0) is 14.3 Å². The van der Waals surface area contributed by atoms with E-state index in [0.717, 1.165) is 19.3 Å². The van der Waals surface area contributed by atoms with Gasteiger partial charge in [0.2, 0.25) is 0 Å². The van der Waals surface area contributed by atoms with Crippen LogP contribution in [0, 0.1) is 0 Å². The Hall–Kier alpha value is -0.650. The van der Waals surface area contributed by atoms with Gasteiger partial charge in [0.25, 0.3) is 0 Å². The van der Waals surface area contributed by atoms with E-state index in [1.807, 2.05) is 6.92 Å². The molecule has 2 saturated heterocycles. The number of fused-ring (bicyclic) bond motifs is 2. The molecule has 0 saturated carbocycles. The van der Waals surface area contributed by atoms with Crippen molar-refractivity contribution in [2.24, 2.45) is 0 Å². The molecule has 17 heavy (non-hydrogen) atoms. The van der Waals surface area contributed by atoms with Gasteiger partial charge in [0.15, 0.2) is 5.79 Å². The Balaban J connectivity index is 2.18. The molecule has 0 aromatic carbocycles. The molecule has 5 heteroatoms. The number of aliphatic carboxylic acids is 1. The summed E-state index contributed by atoms with van der Waals surface area (Å²) in [7, 11) is 0. The van der Waals surface area contributed by atoms with Crippen LogP contribution in [0.15, 0.2) is 0 Å². The van der Waals surface area contributed by atoms with Crippen LogP contribution in [0.25, 0.3) is 0 Å². The van der Waals surface area contributed by atoms with Crippen LogP contribution in [0.3, 0.4) is 0 Å². The Morgan fingerprint density at radius 3 is 2.76 bits per heavy atom. The van der Waals surface area contributed by atoms with Crippen molar-refractivity contribution in [3.8, 4) is 0 Å². The lowest BCUT2D eigenvalue weighted by Crippen LogP contribution is -2.58. The largest absolute Gasteiger partial charge is 0.481 e. The van der Waals surface area contributed by atoms with E-state index in [2.05, 4.69) is 6.92 Å². The SMILES string of the molecule is CCCC1(C)OC(CC(=O)O)C2(O)CCC1O2. The second kappa shape index (κ2) is 4.23. The summed E-state index contributed by atoms with van der Waals surface area (Å²) in [6.07, 6.45) is 1.81. The zero-order valence-electron chi connectivity index (χ0n) is 10.3. The molecule has 2 bridgehead atoms. The first-order valence-electron chi connectivity index (χ1n) is 6.19. The zero-order chi connectivity index (χ0) is 12.7. The predicted octanol–water partition coefficient (Wildman–Crippen LogP) is 1.29. The lowest BCUT2D eigenvalue weighted by atomic mass is 9.91. The maximum absolute atomic E-state index is 10.8. The molecule has 2 N–H and O–H groups in total. The summed E-state index contributed by atoms with van der Waals surface area (Å²) in [4.78, 5) is 10.8. The summed E-state index contributed by atoms with van der Waals surface area (Å²) in [6.45, 7) is 4.00. The van der Waals surface area contributed by atoms with Gasteiger partial charge in [-0.3, -0.25) is 4.79 Å². The van der Waals surface area contributed by atoms with Crippen molar-refractivity contribution in [1.29, 1.82) is 0 Å². The molecule has 0 aromatic rings. The molecule has 2 fully saturated rings. The molecular weight excluding hydrogens is 224 g/mol. The summed E-state index contributed by atoms with van der Waals surface area (Å²) in [5, 5.41) is 19.1. The van der Waals surface area contributed by atoms with Crippen molar-refractivity contribution in [2.75, 3.05) is 0 Å². The number of rotatable bonds is 4. The van der Waals surface area contributed by atoms with Crippen molar-refractivity contribution in [3.05, 3.63) is 0 Å². The number of carboxylic acids is 1. The van der Waals surface area contributed by atoms with Crippen LogP contribution in [0.5, 0.6) is 0 Å². The highest BCUT2D eigenvalue weighted by molar-refractivity contribution is 5.67. The molecular formula is C12H20O5. The summed E-state index contributed by atoms with van der Waals surface area (Å²) in [6, 6.07) is 0. The average Bonchev–Trinajstić information content (AvgIpc) is 2.57. The molecule has 2 aliphatic heterocycles. The van der Waals surface area contributed by atoms with E-state index >= 15 is 0 Å². The van der Waals surface area contributed by atoms with Crippen LogP contribution in [-0.4, -0.2) is 39.8 Å². The molecule has 5 nitrogen and oxygen atoms in total. The molecule has 0 spiro atoms. The van der Waals surface area contributed by atoms with E-state index in [-0.39, 0.29) is 12.5 Å². The molecule has 0 amide bonds. The normalized spacial score (nSPS) is 44.9. The summed E-state index contributed by atoms with van der Waals surface area (Å²) in [5.41, 5.74) is -0.475. The number of aliphatic hydroxyl groups is 1. The van der Waals surface area contributed by atoms with Crippen LogP contribution in [0.4, 0.5) is 0 Å². The Morgan fingerprint density at radius 1 is 1.47 bits per heavy atom. The van der Waals surface area contributed by atoms with Gasteiger partial charge in [0.1, 0.15) is 6.10 Å². The fraction of sp³-hybridized carbons (Fsp3) is 0.917. The minimum Gasteiger partial charge on any atom is -0.481 e. The van der Waals surface area contributed by atoms with Gasteiger partial charge >= 0.3 is 5.97 Å². The van der Waals surface area contributed by atoms with Gasteiger partial charge in [-0.15, -0.1) is 0 Å². The van der Waals surface area contributed by atoms with Crippen LogP contribution >= 0.6 is 0 Å². The molecule has 4 atom stereocenters. The predicted molar refractivity (Wildman–Crippen MR) is 59.5 cm³/mol. The maximum Gasteiger partial charge on any atom is 0.306 e. The maximum atomic E-state index is 10.8. The fourth-order valence-electron chi connectivity index (χ4n) is 2.94. The van der Waals surface area contributed by atoms with Gasteiger partial charge in [-0.25, -0.2) is 0 Å². The van der Waals surface area contributed by atoms with Crippen LogP contribution in [0.1, 0.15) is 46.0 Å². The fourth-order valence-corrected chi connectivity index (χ4v) is 2.94. The number of hydrogen-bond donors (Lipinski definition) is 2. The molecule has 2 heterocycles. The van der Waals surface area contributed by atoms with Gasteiger partial charge in [0.05, 0.1) is 18.1 Å². The summed E-state index contributed by atoms with van der Waals surface area (Å²) < 4.78 is 11.5. The van der Waals surface area contributed by atoms with Crippen molar-refractivity contribution >= 4 is 5.97 Å². The van der Waals surface area contributed by atoms with Crippen LogP contribution in [0.2, 0.25) is 0 Å². The second-order valence-corrected chi connectivity index (χ2v) is 5.26. The highest BCUT2D eigenvalue weighted by Crippen LogP contribution is 2.47. The van der Waals surface area contributed by atoms with E-state index in [4.69, 9.17) is 14.6 Å². The molecule has 2 aliphatic rings. The van der Waals surface area contributed by atoms with Crippen molar-refractivity contribution in [2.45, 2.75) is 69.5 Å². The first-order chi connectivity index (χ1) is 7.89. The van der Waals surface area contributed by atoms with E-state index in [9.17, 15) is 9.90 Å². The highest BCUT2D eigenvalue weighted by Gasteiger charge is 2.58. The third-order valence-corrected chi connectivity index (χ3v) is 3.81. The molecule has 4 unspecified atom stereocenters. The Morgan fingerprint density at radius 2 is 2.18 bits per heavy atom. The zero-order valence-corrected chi connectivity index (χ0v) is 10.3. The minimum atomic E-state index is -1.41. The number of carboxylic acid groups (broad SMARTS) is 1. The molecule has 0 radical (unpaired) electrons. The number of ether oxygens (including phenoxy) is 2. The van der Waals surface area contributed by atoms with Crippen molar-refractivity contribution in [3.63, 3.8) is 0 Å². The highest BCUT2D eigenvalue weighted by atomic mass is 16.7. The molecule has 0 aromatic heterocycles. The van der Waals surface area contributed by atoms with E-state index < -0.39 is 23.5 Å². The van der Waals surface area contributed by atoms with Gasteiger partial charge in [-0.05, 0) is 19.8 Å². The lowest BCUT2D eigenvalue weighted by Gasteiger charge is -2.46. The Bertz CT molecular complexity index is 318. The smallest absolute Gasteiger partial charge is 0.306 e. The monoisotopic (exact) mass is 244 g/mol. The van der Waals surface area contributed by atoms with E-state index in [1.165, 1.54) is 0 Å². The quantitative estimate of drug-likeness (QED) is 0.779. The van der Waals surface area contributed by atoms with Crippen molar-refractivity contribution in [1.82, 2.24) is 0 Å².